The zero-order valence-corrected chi connectivity index (χ0v) is 13.9. The van der Waals surface area contributed by atoms with Crippen molar-refractivity contribution in [1.29, 1.82) is 0 Å². The summed E-state index contributed by atoms with van der Waals surface area (Å²) in [6, 6.07) is 8.20. The summed E-state index contributed by atoms with van der Waals surface area (Å²) >= 11 is 0. The molecule has 0 N–H and O–H groups in total. The minimum atomic E-state index is -0.633. The lowest BCUT2D eigenvalue weighted by Crippen LogP contribution is -2.37. The second kappa shape index (κ2) is 6.86. The van der Waals surface area contributed by atoms with E-state index in [2.05, 4.69) is 11.9 Å². The Hall–Kier alpha value is -2.63. The first-order chi connectivity index (χ1) is 11.6. The quantitative estimate of drug-likeness (QED) is 0.603. The molecule has 1 aliphatic heterocycles. The number of imide groups is 1. The highest BCUT2D eigenvalue weighted by molar-refractivity contribution is 6.03. The van der Waals surface area contributed by atoms with Crippen molar-refractivity contribution >= 4 is 22.8 Å². The summed E-state index contributed by atoms with van der Waals surface area (Å²) in [4.78, 5) is 36.3. The van der Waals surface area contributed by atoms with Crippen LogP contribution in [0.5, 0.6) is 5.75 Å². The van der Waals surface area contributed by atoms with Crippen molar-refractivity contribution in [2.75, 3.05) is 6.54 Å². The summed E-state index contributed by atoms with van der Waals surface area (Å²) in [6.07, 6.45) is 4.47. The van der Waals surface area contributed by atoms with Crippen LogP contribution in [-0.2, 0) is 4.79 Å². The zero-order chi connectivity index (χ0) is 17.1. The Balaban J connectivity index is 1.81. The molecule has 3 amide bonds. The number of hydroxylamine groups is 2. The van der Waals surface area contributed by atoms with Gasteiger partial charge in [-0.1, -0.05) is 31.9 Å². The van der Waals surface area contributed by atoms with Crippen molar-refractivity contribution in [3.8, 4) is 5.75 Å². The van der Waals surface area contributed by atoms with Crippen LogP contribution >= 0.6 is 0 Å². The van der Waals surface area contributed by atoms with Crippen molar-refractivity contribution in [1.82, 2.24) is 14.9 Å². The third kappa shape index (κ3) is 2.91. The van der Waals surface area contributed by atoms with Crippen LogP contribution in [0.3, 0.4) is 0 Å². The molecule has 1 aliphatic rings. The molecule has 0 aliphatic carbocycles. The number of pyridine rings is 1. The number of aromatic nitrogens is 1. The van der Waals surface area contributed by atoms with Crippen LogP contribution in [0.25, 0.3) is 10.9 Å². The van der Waals surface area contributed by atoms with Gasteiger partial charge in [0.15, 0.2) is 5.75 Å². The minimum Gasteiger partial charge on any atom is -0.374 e. The Morgan fingerprint density at radius 1 is 1.17 bits per heavy atom. The van der Waals surface area contributed by atoms with Crippen molar-refractivity contribution in [3.63, 3.8) is 0 Å². The van der Waals surface area contributed by atoms with Crippen LogP contribution in [0.4, 0.5) is 4.79 Å². The van der Waals surface area contributed by atoms with Crippen LogP contribution in [0, 0.1) is 0 Å². The summed E-state index contributed by atoms with van der Waals surface area (Å²) < 4.78 is 0. The third-order valence-corrected chi connectivity index (χ3v) is 4.19. The lowest BCUT2D eigenvalue weighted by Gasteiger charge is -2.20. The van der Waals surface area contributed by atoms with Gasteiger partial charge >= 0.3 is 6.03 Å². The third-order valence-electron chi connectivity index (χ3n) is 4.19. The number of hydrogen-bond donors (Lipinski definition) is 0. The summed E-state index contributed by atoms with van der Waals surface area (Å²) in [5, 5.41) is 1.97. The van der Waals surface area contributed by atoms with E-state index >= 15 is 0 Å². The van der Waals surface area contributed by atoms with E-state index in [-0.39, 0.29) is 5.91 Å². The molecule has 1 saturated heterocycles. The van der Waals surface area contributed by atoms with Gasteiger partial charge < -0.3 is 4.84 Å². The molecule has 2 heterocycles. The molecule has 24 heavy (non-hydrogen) atoms. The van der Waals surface area contributed by atoms with E-state index in [0.717, 1.165) is 35.2 Å². The molecule has 1 fully saturated rings. The highest BCUT2D eigenvalue weighted by Gasteiger charge is 2.44. The van der Waals surface area contributed by atoms with E-state index in [1.54, 1.807) is 19.2 Å². The second-order valence-electron chi connectivity index (χ2n) is 5.90. The molecular weight excluding hydrogens is 306 g/mol. The van der Waals surface area contributed by atoms with Gasteiger partial charge in [-0.25, -0.2) is 4.79 Å². The van der Waals surface area contributed by atoms with E-state index in [1.807, 2.05) is 24.3 Å². The molecular formula is C18H21N3O3. The SMILES string of the molecule is CCCCCN1C(=O)C(C)N(Oc2ccnc3ccccc23)C1=O. The maximum Gasteiger partial charge on any atom is 0.360 e. The maximum absolute atomic E-state index is 12.6. The molecule has 0 spiro atoms. The van der Waals surface area contributed by atoms with E-state index < -0.39 is 12.1 Å². The molecule has 126 valence electrons. The van der Waals surface area contributed by atoms with Gasteiger partial charge in [0.2, 0.25) is 0 Å². The number of carbonyl (C=O) groups excluding carboxylic acids is 2. The largest absolute Gasteiger partial charge is 0.374 e. The number of unbranched alkanes of at least 4 members (excludes halogenated alkanes) is 2. The zero-order valence-electron chi connectivity index (χ0n) is 13.9. The van der Waals surface area contributed by atoms with Crippen LogP contribution in [0.15, 0.2) is 36.5 Å². The molecule has 1 aromatic heterocycles. The van der Waals surface area contributed by atoms with Gasteiger partial charge in [-0.05, 0) is 25.5 Å². The molecule has 2 aromatic rings. The van der Waals surface area contributed by atoms with Gasteiger partial charge in [0.1, 0.15) is 6.04 Å². The Bertz CT molecular complexity index is 757. The van der Waals surface area contributed by atoms with Crippen molar-refractivity contribution in [2.45, 2.75) is 39.2 Å². The average Bonchev–Trinajstić information content (AvgIpc) is 2.80. The molecule has 6 heteroatoms. The molecule has 0 saturated carbocycles. The fraction of sp³-hybridized carbons (Fsp3) is 0.389. The lowest BCUT2D eigenvalue weighted by molar-refractivity contribution is -0.130. The van der Waals surface area contributed by atoms with Crippen molar-refractivity contribution in [2.24, 2.45) is 0 Å². The number of fused-ring (bicyclic) bond motifs is 1. The lowest BCUT2D eigenvalue weighted by atomic mass is 10.2. The molecule has 1 atom stereocenters. The van der Waals surface area contributed by atoms with E-state index in [4.69, 9.17) is 4.84 Å². The summed E-state index contributed by atoms with van der Waals surface area (Å²) in [5.41, 5.74) is 0.778. The molecule has 6 nitrogen and oxygen atoms in total. The van der Waals surface area contributed by atoms with Gasteiger partial charge in [-0.3, -0.25) is 14.7 Å². The van der Waals surface area contributed by atoms with Crippen LogP contribution in [0.2, 0.25) is 0 Å². The monoisotopic (exact) mass is 327 g/mol. The first kappa shape index (κ1) is 16.2. The van der Waals surface area contributed by atoms with Gasteiger partial charge in [0.05, 0.1) is 5.52 Å². The minimum absolute atomic E-state index is 0.213. The number of hydrogen-bond acceptors (Lipinski definition) is 4. The highest BCUT2D eigenvalue weighted by atomic mass is 16.7. The second-order valence-corrected chi connectivity index (χ2v) is 5.90. The average molecular weight is 327 g/mol. The topological polar surface area (TPSA) is 62.7 Å². The number of amides is 3. The number of urea groups is 1. The smallest absolute Gasteiger partial charge is 0.360 e. The first-order valence-corrected chi connectivity index (χ1v) is 8.29. The Morgan fingerprint density at radius 3 is 2.75 bits per heavy atom. The Morgan fingerprint density at radius 2 is 1.96 bits per heavy atom. The standard InChI is InChI=1S/C18H21N3O3/c1-3-4-7-12-20-17(22)13(2)21(18(20)23)24-16-10-11-19-15-9-6-5-8-14(15)16/h5-6,8-11,13H,3-4,7,12H2,1-2H3. The predicted octanol–water partition coefficient (Wildman–Crippen LogP) is 3.37. The van der Waals surface area contributed by atoms with Crippen LogP contribution in [-0.4, -0.2) is 39.5 Å². The van der Waals surface area contributed by atoms with E-state index in [1.165, 1.54) is 4.90 Å². The van der Waals surface area contributed by atoms with Crippen molar-refractivity contribution in [3.05, 3.63) is 36.5 Å². The van der Waals surface area contributed by atoms with Crippen molar-refractivity contribution < 1.29 is 14.4 Å². The summed E-state index contributed by atoms with van der Waals surface area (Å²) in [7, 11) is 0. The fourth-order valence-corrected chi connectivity index (χ4v) is 2.80. The molecule has 0 bridgehead atoms. The summed E-state index contributed by atoms with van der Waals surface area (Å²) in [5.74, 6) is 0.304. The van der Waals surface area contributed by atoms with Gasteiger partial charge in [-0.2, -0.15) is 0 Å². The van der Waals surface area contributed by atoms with Gasteiger partial charge in [0.25, 0.3) is 5.91 Å². The number of carbonyl (C=O) groups is 2. The Labute approximate surface area is 141 Å². The predicted molar refractivity (Wildman–Crippen MR) is 90.3 cm³/mol. The first-order valence-electron chi connectivity index (χ1n) is 8.29. The maximum atomic E-state index is 12.6. The van der Waals surface area contributed by atoms with Crippen LogP contribution < -0.4 is 4.84 Å². The normalized spacial score (nSPS) is 17.8. The number of para-hydroxylation sites is 1. The Kier molecular flexibility index (Phi) is 4.64. The number of rotatable bonds is 6. The van der Waals surface area contributed by atoms with Gasteiger partial charge in [-0.15, -0.1) is 5.06 Å². The van der Waals surface area contributed by atoms with Crippen LogP contribution in [0.1, 0.15) is 33.1 Å². The molecule has 1 aromatic carbocycles. The molecule has 3 rings (SSSR count). The number of benzene rings is 1. The molecule has 1 unspecified atom stereocenters. The highest BCUT2D eigenvalue weighted by Crippen LogP contribution is 2.27. The summed E-state index contributed by atoms with van der Waals surface area (Å²) in [6.45, 7) is 4.20. The van der Waals surface area contributed by atoms with Gasteiger partial charge in [0, 0.05) is 24.2 Å². The number of nitrogens with zero attached hydrogens (tertiary/aromatic N) is 3. The molecule has 0 radical (unpaired) electrons. The van der Waals surface area contributed by atoms with E-state index in [9.17, 15) is 9.59 Å². The van der Waals surface area contributed by atoms with E-state index in [0.29, 0.717) is 12.3 Å². The fourth-order valence-electron chi connectivity index (χ4n) is 2.80.